The molecule has 0 aromatic heterocycles. The fraction of sp³-hybridized carbons (Fsp3) is 0.714. The number of nitrogens with two attached hydrogens (primary N) is 2. The Bertz CT molecular complexity index is 185. The van der Waals surface area contributed by atoms with Crippen LogP contribution in [0.25, 0.3) is 0 Å². The summed E-state index contributed by atoms with van der Waals surface area (Å²) >= 11 is 0. The maximum absolute atomic E-state index is 11.0. The molecule has 0 spiro atoms. The van der Waals surface area contributed by atoms with E-state index in [0.29, 0.717) is 0 Å². The summed E-state index contributed by atoms with van der Waals surface area (Å²) in [5.41, 5.74) is 10.3. The molecule has 0 aliphatic carbocycles. The Balaban J connectivity index is 4.45. The zero-order chi connectivity index (χ0) is 9.72. The van der Waals surface area contributed by atoms with E-state index < -0.39 is 12.0 Å². The number of methoxy groups -OCH3 is 1. The minimum atomic E-state index is -0.597. The number of guanidine groups is 1. The van der Waals surface area contributed by atoms with E-state index in [4.69, 9.17) is 11.5 Å². The van der Waals surface area contributed by atoms with E-state index in [2.05, 4.69) is 9.73 Å². The second kappa shape index (κ2) is 4.58. The predicted molar refractivity (Wildman–Crippen MR) is 46.5 cm³/mol. The van der Waals surface area contributed by atoms with Gasteiger partial charge in [0.1, 0.15) is 0 Å². The molecule has 5 heteroatoms. The standard InChI is InChI=1S/C7H15N3O2/c1-4(2)5(6(11)12-3)10-7(8)9/h4-5H,1-3H3,(H4,8,9,10). The number of aliphatic imine (C=N–C) groups is 1. The van der Waals surface area contributed by atoms with Gasteiger partial charge in [0.2, 0.25) is 0 Å². The highest BCUT2D eigenvalue weighted by Crippen LogP contribution is 2.07. The number of hydrogen-bond acceptors (Lipinski definition) is 3. The topological polar surface area (TPSA) is 90.7 Å². The summed E-state index contributed by atoms with van der Waals surface area (Å²) < 4.78 is 4.52. The zero-order valence-electron chi connectivity index (χ0n) is 7.57. The number of esters is 1. The second-order valence-corrected chi connectivity index (χ2v) is 2.77. The van der Waals surface area contributed by atoms with Crippen LogP contribution in [0.2, 0.25) is 0 Å². The zero-order valence-corrected chi connectivity index (χ0v) is 7.57. The molecule has 4 N–H and O–H groups in total. The van der Waals surface area contributed by atoms with E-state index in [-0.39, 0.29) is 11.9 Å². The smallest absolute Gasteiger partial charge is 0.330 e. The molecule has 0 heterocycles. The molecule has 0 aliphatic rings. The van der Waals surface area contributed by atoms with Gasteiger partial charge in [-0.3, -0.25) is 0 Å². The van der Waals surface area contributed by atoms with Gasteiger partial charge in [-0.15, -0.1) is 0 Å². The minimum absolute atomic E-state index is 0.0274. The summed E-state index contributed by atoms with van der Waals surface area (Å²) in [6, 6.07) is -0.597. The molecule has 0 aromatic rings. The third kappa shape index (κ3) is 3.23. The maximum Gasteiger partial charge on any atom is 0.330 e. The fourth-order valence-electron chi connectivity index (χ4n) is 0.755. The number of carbonyl (C=O) groups is 1. The molecule has 70 valence electrons. The summed E-state index contributed by atoms with van der Waals surface area (Å²) in [5, 5.41) is 0. The van der Waals surface area contributed by atoms with Crippen molar-refractivity contribution in [3.05, 3.63) is 0 Å². The van der Waals surface area contributed by atoms with E-state index in [1.54, 1.807) is 0 Å². The summed E-state index contributed by atoms with van der Waals surface area (Å²) in [7, 11) is 1.31. The lowest BCUT2D eigenvalue weighted by atomic mass is 10.1. The first-order valence-electron chi connectivity index (χ1n) is 3.65. The van der Waals surface area contributed by atoms with Crippen LogP contribution in [0.3, 0.4) is 0 Å². The largest absolute Gasteiger partial charge is 0.467 e. The van der Waals surface area contributed by atoms with Gasteiger partial charge in [0.25, 0.3) is 0 Å². The Hall–Kier alpha value is -1.26. The Morgan fingerprint density at radius 3 is 2.17 bits per heavy atom. The van der Waals surface area contributed by atoms with Crippen molar-refractivity contribution in [3.8, 4) is 0 Å². The molecular weight excluding hydrogens is 158 g/mol. The van der Waals surface area contributed by atoms with Gasteiger partial charge in [0.05, 0.1) is 7.11 Å². The van der Waals surface area contributed by atoms with Crippen LogP contribution in [0.15, 0.2) is 4.99 Å². The third-order valence-corrected chi connectivity index (χ3v) is 1.36. The van der Waals surface area contributed by atoms with E-state index in [0.717, 1.165) is 0 Å². The normalized spacial score (nSPS) is 12.3. The van der Waals surface area contributed by atoms with Crippen molar-refractivity contribution in [2.45, 2.75) is 19.9 Å². The van der Waals surface area contributed by atoms with E-state index >= 15 is 0 Å². The molecule has 0 amide bonds. The Kier molecular flexibility index (Phi) is 4.10. The SMILES string of the molecule is COC(=O)C(N=C(N)N)C(C)C. The molecule has 0 saturated heterocycles. The van der Waals surface area contributed by atoms with Gasteiger partial charge < -0.3 is 16.2 Å². The van der Waals surface area contributed by atoms with Crippen LogP contribution in [0.1, 0.15) is 13.8 Å². The van der Waals surface area contributed by atoms with Gasteiger partial charge in [-0.2, -0.15) is 0 Å². The highest BCUT2D eigenvalue weighted by Gasteiger charge is 2.21. The Labute approximate surface area is 71.8 Å². The van der Waals surface area contributed by atoms with Gasteiger partial charge in [-0.05, 0) is 5.92 Å². The number of rotatable bonds is 3. The first kappa shape index (κ1) is 10.7. The van der Waals surface area contributed by atoms with E-state index in [9.17, 15) is 4.79 Å². The van der Waals surface area contributed by atoms with Gasteiger partial charge >= 0.3 is 5.97 Å². The molecule has 5 nitrogen and oxygen atoms in total. The minimum Gasteiger partial charge on any atom is -0.467 e. The van der Waals surface area contributed by atoms with Crippen molar-refractivity contribution in [2.24, 2.45) is 22.4 Å². The molecule has 1 atom stereocenters. The number of hydrogen-bond donors (Lipinski definition) is 2. The summed E-state index contributed by atoms with van der Waals surface area (Å²) in [6.07, 6.45) is 0. The van der Waals surface area contributed by atoms with Crippen LogP contribution in [0.5, 0.6) is 0 Å². The highest BCUT2D eigenvalue weighted by molar-refractivity contribution is 5.82. The van der Waals surface area contributed by atoms with Crippen molar-refractivity contribution < 1.29 is 9.53 Å². The van der Waals surface area contributed by atoms with Crippen molar-refractivity contribution in [1.29, 1.82) is 0 Å². The molecule has 0 saturated carbocycles. The van der Waals surface area contributed by atoms with E-state index in [1.807, 2.05) is 13.8 Å². The molecule has 0 aromatic carbocycles. The molecule has 0 bridgehead atoms. The lowest BCUT2D eigenvalue weighted by Crippen LogP contribution is -2.32. The first-order chi connectivity index (χ1) is 5.49. The van der Waals surface area contributed by atoms with Gasteiger partial charge in [-0.25, -0.2) is 9.79 Å². The summed E-state index contributed by atoms with van der Waals surface area (Å²) in [4.78, 5) is 14.8. The maximum atomic E-state index is 11.0. The molecule has 12 heavy (non-hydrogen) atoms. The lowest BCUT2D eigenvalue weighted by Gasteiger charge is -2.13. The van der Waals surface area contributed by atoms with Crippen molar-refractivity contribution >= 4 is 11.9 Å². The highest BCUT2D eigenvalue weighted by atomic mass is 16.5. The van der Waals surface area contributed by atoms with Crippen LogP contribution in [-0.4, -0.2) is 25.1 Å². The fourth-order valence-corrected chi connectivity index (χ4v) is 0.755. The van der Waals surface area contributed by atoms with Crippen LogP contribution in [-0.2, 0) is 9.53 Å². The third-order valence-electron chi connectivity index (χ3n) is 1.36. The summed E-state index contributed by atoms with van der Waals surface area (Å²) in [5.74, 6) is -0.489. The monoisotopic (exact) mass is 173 g/mol. The average molecular weight is 173 g/mol. The van der Waals surface area contributed by atoms with Crippen LogP contribution >= 0.6 is 0 Å². The average Bonchev–Trinajstić information content (AvgIpc) is 1.98. The number of carbonyl (C=O) groups excluding carboxylic acids is 1. The molecule has 0 fully saturated rings. The van der Waals surface area contributed by atoms with Gasteiger partial charge in [0, 0.05) is 0 Å². The van der Waals surface area contributed by atoms with Crippen LogP contribution in [0, 0.1) is 5.92 Å². The molecular formula is C7H15N3O2. The second-order valence-electron chi connectivity index (χ2n) is 2.77. The van der Waals surface area contributed by atoms with Gasteiger partial charge in [-0.1, -0.05) is 13.8 Å². The van der Waals surface area contributed by atoms with Crippen LogP contribution < -0.4 is 11.5 Å². The molecule has 1 unspecified atom stereocenters. The van der Waals surface area contributed by atoms with Crippen LogP contribution in [0.4, 0.5) is 0 Å². The van der Waals surface area contributed by atoms with E-state index in [1.165, 1.54) is 7.11 Å². The Morgan fingerprint density at radius 2 is 1.92 bits per heavy atom. The number of nitrogens with zero attached hydrogens (tertiary/aromatic N) is 1. The predicted octanol–water partition coefficient (Wildman–Crippen LogP) is -0.543. The quantitative estimate of drug-likeness (QED) is 0.340. The first-order valence-corrected chi connectivity index (χ1v) is 3.65. The van der Waals surface area contributed by atoms with Crippen molar-refractivity contribution in [2.75, 3.05) is 7.11 Å². The molecule has 0 aliphatic heterocycles. The molecule has 0 rings (SSSR count). The summed E-state index contributed by atoms with van der Waals surface area (Å²) in [6.45, 7) is 3.68. The van der Waals surface area contributed by atoms with Gasteiger partial charge in [0.15, 0.2) is 12.0 Å². The lowest BCUT2D eigenvalue weighted by molar-refractivity contribution is -0.143. The Morgan fingerprint density at radius 1 is 1.42 bits per heavy atom. The number of ether oxygens (including phenoxy) is 1. The molecule has 0 radical (unpaired) electrons. The van der Waals surface area contributed by atoms with Crippen molar-refractivity contribution in [1.82, 2.24) is 0 Å². The van der Waals surface area contributed by atoms with Crippen molar-refractivity contribution in [3.63, 3.8) is 0 Å².